The predicted octanol–water partition coefficient (Wildman–Crippen LogP) is 2.33. The van der Waals surface area contributed by atoms with E-state index >= 15 is 0 Å². The number of hydrogen-bond donors (Lipinski definition) is 1. The van der Waals surface area contributed by atoms with Crippen molar-refractivity contribution in [2.45, 2.75) is 44.4 Å². The molecule has 0 fully saturated rings. The molecule has 1 rings (SSSR count). The lowest BCUT2D eigenvalue weighted by Gasteiger charge is -2.21. The van der Waals surface area contributed by atoms with Crippen LogP contribution in [0.25, 0.3) is 0 Å². The molecule has 24 heavy (non-hydrogen) atoms. The number of benzene rings is 1. The number of halogens is 1. The van der Waals surface area contributed by atoms with Crippen molar-refractivity contribution in [2.24, 2.45) is 11.7 Å². The lowest BCUT2D eigenvalue weighted by atomic mass is 10.00. The van der Waals surface area contributed by atoms with E-state index in [4.69, 9.17) is 15.2 Å². The van der Waals surface area contributed by atoms with Gasteiger partial charge in [-0.05, 0) is 26.3 Å². The highest BCUT2D eigenvalue weighted by Gasteiger charge is 2.34. The Morgan fingerprint density at radius 1 is 1.17 bits per heavy atom. The molecule has 6 nitrogen and oxygen atoms in total. The number of ether oxygens (including phenoxy) is 2. The van der Waals surface area contributed by atoms with E-state index in [0.29, 0.717) is 0 Å². The maximum atomic E-state index is 12.2. The molecule has 0 aliphatic rings. The summed E-state index contributed by atoms with van der Waals surface area (Å²) in [6.45, 7) is 5.11. The van der Waals surface area contributed by atoms with Crippen LogP contribution in [0.1, 0.15) is 32.8 Å². The summed E-state index contributed by atoms with van der Waals surface area (Å²) in [5.74, 6) is -3.40. The van der Waals surface area contributed by atoms with Crippen LogP contribution >= 0.6 is 15.9 Å². The predicted molar refractivity (Wildman–Crippen MR) is 92.1 cm³/mol. The molecular formula is C17H22BrNO5. The first kappa shape index (κ1) is 20.3. The average molecular weight is 400 g/mol. The molecule has 7 heteroatoms. The molecule has 0 aliphatic carbocycles. The number of esters is 2. The second-order valence-corrected chi connectivity index (χ2v) is 7.23. The van der Waals surface area contributed by atoms with Crippen molar-refractivity contribution in [1.29, 1.82) is 0 Å². The van der Waals surface area contributed by atoms with Crippen molar-refractivity contribution in [2.75, 3.05) is 0 Å². The van der Waals surface area contributed by atoms with Crippen LogP contribution < -0.4 is 5.73 Å². The molecule has 1 aromatic rings. The Morgan fingerprint density at radius 3 is 2.25 bits per heavy atom. The molecular weight excluding hydrogens is 378 g/mol. The van der Waals surface area contributed by atoms with E-state index in [1.165, 1.54) is 0 Å². The molecule has 2 atom stereocenters. The van der Waals surface area contributed by atoms with Gasteiger partial charge in [-0.1, -0.05) is 46.3 Å². The van der Waals surface area contributed by atoms with Gasteiger partial charge in [-0.25, -0.2) is 0 Å². The van der Waals surface area contributed by atoms with Crippen LogP contribution in [-0.2, 0) is 30.5 Å². The fourth-order valence-corrected chi connectivity index (χ4v) is 2.19. The number of alkyl halides is 1. The third kappa shape index (κ3) is 7.23. The number of rotatable bonds is 7. The number of carbonyl (C=O) groups excluding carboxylic acids is 3. The number of ketones is 1. The normalized spacial score (nSPS) is 13.7. The Morgan fingerprint density at radius 2 is 1.75 bits per heavy atom. The molecule has 2 N–H and O–H groups in total. The molecule has 132 valence electrons. The Hall–Kier alpha value is -1.73. The summed E-state index contributed by atoms with van der Waals surface area (Å²) >= 11 is 2.92. The summed E-state index contributed by atoms with van der Waals surface area (Å²) in [7, 11) is 0. The Balaban J connectivity index is 2.75. The molecule has 0 radical (unpaired) electrons. The van der Waals surface area contributed by atoms with Gasteiger partial charge in [0.25, 0.3) is 0 Å². The minimum Gasteiger partial charge on any atom is -0.460 e. The van der Waals surface area contributed by atoms with Crippen molar-refractivity contribution >= 4 is 33.7 Å². The van der Waals surface area contributed by atoms with Gasteiger partial charge in [0.15, 0.2) is 5.78 Å². The smallest absolute Gasteiger partial charge is 0.317 e. The van der Waals surface area contributed by atoms with Crippen LogP contribution in [-0.4, -0.2) is 28.3 Å². The number of nitrogens with two attached hydrogens (primary N) is 1. The van der Waals surface area contributed by atoms with E-state index in [1.54, 1.807) is 45.0 Å². The van der Waals surface area contributed by atoms with Gasteiger partial charge in [-0.3, -0.25) is 14.4 Å². The summed E-state index contributed by atoms with van der Waals surface area (Å²) in [5, 5.41) is 0. The molecule has 0 saturated heterocycles. The monoisotopic (exact) mass is 399 g/mol. The third-order valence-electron chi connectivity index (χ3n) is 2.91. The van der Waals surface area contributed by atoms with E-state index in [1.807, 2.05) is 6.07 Å². The second kappa shape index (κ2) is 8.94. The zero-order valence-electron chi connectivity index (χ0n) is 14.0. The Bertz CT molecular complexity index is 580. The third-order valence-corrected chi connectivity index (χ3v) is 3.37. The largest absolute Gasteiger partial charge is 0.460 e. The lowest BCUT2D eigenvalue weighted by Crippen LogP contribution is -2.38. The molecule has 2 unspecified atom stereocenters. The minimum absolute atomic E-state index is 0.00922. The number of hydrogen-bond acceptors (Lipinski definition) is 6. The van der Waals surface area contributed by atoms with Crippen molar-refractivity contribution in [3.8, 4) is 0 Å². The number of carbonyl (C=O) groups is 3. The van der Waals surface area contributed by atoms with Crippen molar-refractivity contribution in [3.63, 3.8) is 0 Å². The van der Waals surface area contributed by atoms with E-state index < -0.39 is 40.6 Å². The summed E-state index contributed by atoms with van der Waals surface area (Å²) in [5.41, 5.74) is 5.55. The zero-order chi connectivity index (χ0) is 18.3. The Kier molecular flexibility index (Phi) is 7.57. The molecule has 0 bridgehead atoms. The van der Waals surface area contributed by atoms with Crippen LogP contribution in [0.3, 0.4) is 0 Å². The van der Waals surface area contributed by atoms with E-state index in [9.17, 15) is 14.4 Å². The van der Waals surface area contributed by atoms with E-state index in [2.05, 4.69) is 15.9 Å². The molecule has 1 aromatic carbocycles. The highest BCUT2D eigenvalue weighted by atomic mass is 79.9. The van der Waals surface area contributed by atoms with Crippen molar-refractivity contribution < 1.29 is 23.9 Å². The standard InChI is InChI=1S/C17H22BrNO5/c1-17(2,3)24-13(20)9-12(14(21)15(18)19)16(22)23-10-11-7-5-4-6-8-11/h4-8,12,15H,9-10,19H2,1-3H3. The fraction of sp³-hybridized carbons (Fsp3) is 0.471. The average Bonchev–Trinajstić information content (AvgIpc) is 2.48. The zero-order valence-corrected chi connectivity index (χ0v) is 15.5. The van der Waals surface area contributed by atoms with Crippen molar-refractivity contribution in [1.82, 2.24) is 0 Å². The van der Waals surface area contributed by atoms with Gasteiger partial charge in [-0.2, -0.15) is 0 Å². The number of Topliss-reactive ketones (excluding diaryl/α,β-unsaturated/α-hetero) is 1. The quantitative estimate of drug-likeness (QED) is 0.327. The molecule has 0 heterocycles. The summed E-state index contributed by atoms with van der Waals surface area (Å²) < 4.78 is 10.3. The van der Waals surface area contributed by atoms with Crippen LogP contribution in [0.4, 0.5) is 0 Å². The van der Waals surface area contributed by atoms with Crippen LogP contribution in [0.2, 0.25) is 0 Å². The van der Waals surface area contributed by atoms with Gasteiger partial charge in [0, 0.05) is 0 Å². The first-order valence-electron chi connectivity index (χ1n) is 7.46. The summed E-state index contributed by atoms with van der Waals surface area (Å²) in [6.07, 6.45) is -0.414. The summed E-state index contributed by atoms with van der Waals surface area (Å²) in [4.78, 5) is 35.2. The van der Waals surface area contributed by atoms with Gasteiger partial charge in [0.05, 0.1) is 6.42 Å². The maximum absolute atomic E-state index is 12.2. The molecule has 0 saturated carbocycles. The van der Waals surface area contributed by atoms with Crippen LogP contribution in [0.15, 0.2) is 30.3 Å². The highest BCUT2D eigenvalue weighted by Crippen LogP contribution is 2.17. The first-order chi connectivity index (χ1) is 11.1. The maximum Gasteiger partial charge on any atom is 0.317 e. The molecule has 0 aliphatic heterocycles. The van der Waals surface area contributed by atoms with Crippen molar-refractivity contribution in [3.05, 3.63) is 35.9 Å². The molecule has 0 spiro atoms. The second-order valence-electron chi connectivity index (χ2n) is 6.24. The lowest BCUT2D eigenvalue weighted by molar-refractivity contribution is -0.164. The van der Waals surface area contributed by atoms with E-state index in [0.717, 1.165) is 5.56 Å². The topological polar surface area (TPSA) is 95.7 Å². The van der Waals surface area contributed by atoms with Gasteiger partial charge in [0.1, 0.15) is 23.1 Å². The minimum atomic E-state index is -1.31. The molecule has 0 aromatic heterocycles. The summed E-state index contributed by atoms with van der Waals surface area (Å²) in [6, 6.07) is 9.02. The van der Waals surface area contributed by atoms with Gasteiger partial charge < -0.3 is 15.2 Å². The van der Waals surface area contributed by atoms with Gasteiger partial charge in [-0.15, -0.1) is 0 Å². The SMILES string of the molecule is CC(C)(C)OC(=O)CC(C(=O)OCc1ccccc1)C(=O)C(N)Br. The van der Waals surface area contributed by atoms with Gasteiger partial charge >= 0.3 is 11.9 Å². The van der Waals surface area contributed by atoms with Crippen LogP contribution in [0.5, 0.6) is 0 Å². The molecule has 0 amide bonds. The van der Waals surface area contributed by atoms with Gasteiger partial charge in [0.2, 0.25) is 0 Å². The first-order valence-corrected chi connectivity index (χ1v) is 8.37. The Labute approximate surface area is 149 Å². The van der Waals surface area contributed by atoms with E-state index in [-0.39, 0.29) is 6.61 Å². The van der Waals surface area contributed by atoms with Crippen LogP contribution in [0, 0.1) is 5.92 Å². The highest BCUT2D eigenvalue weighted by molar-refractivity contribution is 9.09. The fourth-order valence-electron chi connectivity index (χ4n) is 1.87.